The second-order valence-electron chi connectivity index (χ2n) is 14.7. The van der Waals surface area contributed by atoms with E-state index in [9.17, 15) is 0 Å². The largest absolute Gasteiger partial charge is 0.254 e. The van der Waals surface area contributed by atoms with Crippen LogP contribution in [0.1, 0.15) is 0 Å². The summed E-state index contributed by atoms with van der Waals surface area (Å²) >= 11 is 0. The summed E-state index contributed by atoms with van der Waals surface area (Å²) in [4.78, 5) is 19.6. The van der Waals surface area contributed by atoms with Gasteiger partial charge in [0.1, 0.15) is 0 Å². The third-order valence-corrected chi connectivity index (χ3v) is 11.5. The van der Waals surface area contributed by atoms with Crippen LogP contribution in [0.15, 0.2) is 182 Å². The van der Waals surface area contributed by atoms with Crippen LogP contribution in [-0.4, -0.2) is 19.9 Å². The molecule has 258 valence electrons. The topological polar surface area (TPSA) is 51.6 Å². The van der Waals surface area contributed by atoms with E-state index in [2.05, 4.69) is 168 Å². The Bertz CT molecular complexity index is 3520. The van der Waals surface area contributed by atoms with Gasteiger partial charge in [0.15, 0.2) is 0 Å². The lowest BCUT2D eigenvalue weighted by atomic mass is 9.91. The van der Waals surface area contributed by atoms with Crippen molar-refractivity contribution in [2.24, 2.45) is 0 Å². The molecule has 12 aromatic rings. The van der Waals surface area contributed by atoms with E-state index in [1.165, 1.54) is 32.3 Å². The maximum Gasteiger partial charge on any atom is 0.0970 e. The lowest BCUT2D eigenvalue weighted by Crippen LogP contribution is -1.90. The van der Waals surface area contributed by atoms with Crippen molar-refractivity contribution >= 4 is 75.9 Å². The minimum absolute atomic E-state index is 0.922. The maximum atomic E-state index is 5.18. The van der Waals surface area contributed by atoms with E-state index in [0.29, 0.717) is 0 Å². The van der Waals surface area contributed by atoms with Gasteiger partial charge in [-0.1, -0.05) is 115 Å². The molecule has 0 aliphatic rings. The molecule has 56 heavy (non-hydrogen) atoms. The van der Waals surface area contributed by atoms with Crippen molar-refractivity contribution in [1.82, 2.24) is 19.9 Å². The first-order valence-corrected chi connectivity index (χ1v) is 18.9. The van der Waals surface area contributed by atoms with Gasteiger partial charge >= 0.3 is 0 Å². The molecular weight excluding hydrogens is 681 g/mol. The summed E-state index contributed by atoms with van der Waals surface area (Å²) < 4.78 is 0. The van der Waals surface area contributed by atoms with Gasteiger partial charge in [0, 0.05) is 45.1 Å². The quantitative estimate of drug-likeness (QED) is 0.171. The van der Waals surface area contributed by atoms with Crippen LogP contribution in [0.5, 0.6) is 0 Å². The van der Waals surface area contributed by atoms with Gasteiger partial charge in [-0.25, -0.2) is 9.97 Å². The van der Waals surface area contributed by atoms with Crippen molar-refractivity contribution in [2.75, 3.05) is 0 Å². The molecule has 0 N–H and O–H groups in total. The highest BCUT2D eigenvalue weighted by Gasteiger charge is 2.14. The van der Waals surface area contributed by atoms with Gasteiger partial charge in [0.2, 0.25) is 0 Å². The number of aromatic nitrogens is 4. The predicted octanol–water partition coefficient (Wildman–Crippen LogP) is 13.4. The van der Waals surface area contributed by atoms with Crippen LogP contribution < -0.4 is 0 Å². The van der Waals surface area contributed by atoms with Gasteiger partial charge in [-0.05, 0) is 109 Å². The summed E-state index contributed by atoms with van der Waals surface area (Å²) in [6, 6.07) is 60.8. The number of hydrogen-bond donors (Lipinski definition) is 0. The Kier molecular flexibility index (Phi) is 6.60. The normalized spacial score (nSPS) is 11.9. The van der Waals surface area contributed by atoms with Gasteiger partial charge < -0.3 is 0 Å². The molecule has 4 nitrogen and oxygen atoms in total. The smallest absolute Gasteiger partial charge is 0.0970 e. The van der Waals surface area contributed by atoms with Crippen LogP contribution in [-0.2, 0) is 0 Å². The monoisotopic (exact) mass is 710 g/mol. The Morgan fingerprint density at radius 2 is 0.875 bits per heavy atom. The average Bonchev–Trinajstić information content (AvgIpc) is 3.27. The first kappa shape index (κ1) is 30.9. The summed E-state index contributed by atoms with van der Waals surface area (Å²) in [6.07, 6.45) is 3.66. The Morgan fingerprint density at radius 1 is 0.304 bits per heavy atom. The van der Waals surface area contributed by atoms with Crippen LogP contribution in [0.4, 0.5) is 0 Å². The second kappa shape index (κ2) is 12.0. The molecule has 0 radical (unpaired) electrons. The van der Waals surface area contributed by atoms with Gasteiger partial charge in [0.05, 0.1) is 33.5 Å². The lowest BCUT2D eigenvalue weighted by molar-refractivity contribution is 1.37. The SMILES string of the molecule is c1cnc2c(c1)cc(-c1ccc(-c3ccc4cc(-c5ccc6nc(-c7ccc8ccc9cccc%10ccc7c8c9%10)ccc6c5)ccc4n3)cc1)c1cccnc12. The Morgan fingerprint density at radius 3 is 1.64 bits per heavy atom. The molecule has 0 bridgehead atoms. The van der Waals surface area contributed by atoms with Crippen molar-refractivity contribution in [3.63, 3.8) is 0 Å². The zero-order valence-electron chi connectivity index (χ0n) is 30.1. The zero-order valence-corrected chi connectivity index (χ0v) is 30.1. The fourth-order valence-corrected chi connectivity index (χ4v) is 8.72. The molecule has 0 atom stereocenters. The highest BCUT2D eigenvalue weighted by molar-refractivity contribution is 6.25. The third kappa shape index (κ3) is 4.79. The predicted molar refractivity (Wildman–Crippen MR) is 233 cm³/mol. The summed E-state index contributed by atoms with van der Waals surface area (Å²) in [5, 5.41) is 12.1. The van der Waals surface area contributed by atoms with E-state index >= 15 is 0 Å². The zero-order chi connectivity index (χ0) is 36.7. The number of pyridine rings is 4. The number of hydrogen-bond acceptors (Lipinski definition) is 4. The van der Waals surface area contributed by atoms with E-state index in [1.807, 2.05) is 24.5 Å². The molecule has 8 aromatic carbocycles. The van der Waals surface area contributed by atoms with Crippen molar-refractivity contribution in [1.29, 1.82) is 0 Å². The highest BCUT2D eigenvalue weighted by atomic mass is 14.7. The van der Waals surface area contributed by atoms with Gasteiger partial charge in [0.25, 0.3) is 0 Å². The maximum absolute atomic E-state index is 5.18. The van der Waals surface area contributed by atoms with Gasteiger partial charge in [-0.3, -0.25) is 9.97 Å². The lowest BCUT2D eigenvalue weighted by Gasteiger charge is -2.14. The van der Waals surface area contributed by atoms with Gasteiger partial charge in [-0.2, -0.15) is 0 Å². The van der Waals surface area contributed by atoms with Gasteiger partial charge in [-0.15, -0.1) is 0 Å². The Hall–Kier alpha value is -7.56. The fraction of sp³-hybridized carbons (Fsp3) is 0. The average molecular weight is 711 g/mol. The van der Waals surface area contributed by atoms with Crippen molar-refractivity contribution in [3.05, 3.63) is 182 Å². The molecule has 0 saturated carbocycles. The van der Waals surface area contributed by atoms with E-state index in [0.717, 1.165) is 88.4 Å². The molecule has 4 aromatic heterocycles. The molecule has 0 spiro atoms. The third-order valence-electron chi connectivity index (χ3n) is 11.5. The molecule has 4 heteroatoms. The molecule has 0 unspecified atom stereocenters. The Labute approximate surface area is 321 Å². The molecular formula is C52H30N4. The molecule has 0 aliphatic heterocycles. The van der Waals surface area contributed by atoms with Crippen LogP contribution in [0, 0.1) is 0 Å². The number of rotatable bonds is 4. The summed E-state index contributed by atoms with van der Waals surface area (Å²) in [6.45, 7) is 0. The van der Waals surface area contributed by atoms with Crippen molar-refractivity contribution in [2.45, 2.75) is 0 Å². The summed E-state index contributed by atoms with van der Waals surface area (Å²) in [7, 11) is 0. The molecule has 0 amide bonds. The number of nitrogens with zero attached hydrogens (tertiary/aromatic N) is 4. The first-order chi connectivity index (χ1) is 27.7. The minimum Gasteiger partial charge on any atom is -0.254 e. The van der Waals surface area contributed by atoms with E-state index < -0.39 is 0 Å². The second-order valence-corrected chi connectivity index (χ2v) is 14.7. The fourth-order valence-electron chi connectivity index (χ4n) is 8.72. The van der Waals surface area contributed by atoms with Crippen LogP contribution >= 0.6 is 0 Å². The first-order valence-electron chi connectivity index (χ1n) is 18.9. The van der Waals surface area contributed by atoms with Crippen LogP contribution in [0.3, 0.4) is 0 Å². The Balaban J connectivity index is 0.848. The highest BCUT2D eigenvalue weighted by Crippen LogP contribution is 2.40. The summed E-state index contributed by atoms with van der Waals surface area (Å²) in [5.41, 5.74) is 12.6. The molecule has 12 rings (SSSR count). The number of fused-ring (bicyclic) bond motifs is 5. The molecule has 4 heterocycles. The molecule has 0 saturated heterocycles. The van der Waals surface area contributed by atoms with Crippen LogP contribution in [0.25, 0.3) is 121 Å². The summed E-state index contributed by atoms with van der Waals surface area (Å²) in [5.74, 6) is 0. The standard InChI is InChI=1S/C52H30N4/c1-4-33-12-13-35-14-20-41(42-21-15-34(5-1)49(33)50(35)42)48-25-19-39-29-37(17-23-47(39)56-48)36-16-22-46-38(28-36)18-24-45(55-46)32-10-8-31(9-11-32)44-30-40-6-2-26-53-51(40)52-43(44)7-3-27-54-52/h1-30H. The van der Waals surface area contributed by atoms with Crippen molar-refractivity contribution in [3.8, 4) is 44.8 Å². The van der Waals surface area contributed by atoms with E-state index in [1.54, 1.807) is 0 Å². The molecule has 0 aliphatic carbocycles. The molecule has 0 fully saturated rings. The van der Waals surface area contributed by atoms with Crippen LogP contribution in [0.2, 0.25) is 0 Å². The van der Waals surface area contributed by atoms with E-state index in [-0.39, 0.29) is 0 Å². The van der Waals surface area contributed by atoms with E-state index in [4.69, 9.17) is 9.97 Å². The number of benzene rings is 8. The van der Waals surface area contributed by atoms with Crippen molar-refractivity contribution < 1.29 is 0 Å². The minimum atomic E-state index is 0.922.